The molecule has 12 heteroatoms. The summed E-state index contributed by atoms with van der Waals surface area (Å²) in [4.78, 5) is 72.4. The molecule has 8 unspecified atom stereocenters. The number of hydrogen-bond acceptors (Lipinski definition) is 6. The van der Waals surface area contributed by atoms with Crippen LogP contribution in [0.2, 0.25) is 0 Å². The molecule has 6 N–H and O–H groups in total. The molecule has 2 fully saturated rings. The van der Waals surface area contributed by atoms with Crippen molar-refractivity contribution in [3.8, 4) is 0 Å². The fourth-order valence-corrected chi connectivity index (χ4v) is 11.7. The van der Waals surface area contributed by atoms with E-state index in [0.717, 1.165) is 108 Å². The summed E-state index contributed by atoms with van der Waals surface area (Å²) in [5.41, 5.74) is -0.324. The maximum absolute atomic E-state index is 12.2. The highest BCUT2D eigenvalue weighted by Crippen LogP contribution is 2.43. The van der Waals surface area contributed by atoms with Crippen LogP contribution in [0.15, 0.2) is 25.3 Å². The van der Waals surface area contributed by atoms with Gasteiger partial charge in [0, 0.05) is 68.7 Å². The van der Waals surface area contributed by atoms with Crippen LogP contribution in [0.3, 0.4) is 0 Å². The summed E-state index contributed by atoms with van der Waals surface area (Å²) in [5.74, 6) is 4.87. The van der Waals surface area contributed by atoms with Gasteiger partial charge in [-0.05, 0) is 235 Å². The second-order valence-electron chi connectivity index (χ2n) is 38.3. The lowest BCUT2D eigenvalue weighted by Crippen LogP contribution is -2.46. The quantitative estimate of drug-likeness (QED) is 0.0496. The van der Waals surface area contributed by atoms with Gasteiger partial charge in [0.2, 0.25) is 35.4 Å². The van der Waals surface area contributed by atoms with E-state index >= 15 is 0 Å². The van der Waals surface area contributed by atoms with Gasteiger partial charge in [-0.1, -0.05) is 174 Å². The average molecular weight is 1330 g/mol. The summed E-state index contributed by atoms with van der Waals surface area (Å²) >= 11 is 0. The van der Waals surface area contributed by atoms with Crippen molar-refractivity contribution < 1.29 is 28.8 Å². The van der Waals surface area contributed by atoms with Gasteiger partial charge in [-0.2, -0.15) is 0 Å². The molecule has 0 saturated heterocycles. The van der Waals surface area contributed by atoms with E-state index in [1.807, 2.05) is 137 Å². The molecule has 2 aliphatic carbocycles. The average Bonchev–Trinajstić information content (AvgIpc) is 1.59. The minimum absolute atomic E-state index is 0.0386. The van der Waals surface area contributed by atoms with E-state index in [9.17, 15) is 28.8 Å². The fourth-order valence-electron chi connectivity index (χ4n) is 11.7. The van der Waals surface area contributed by atoms with Gasteiger partial charge in [0.25, 0.3) is 0 Å². The molecule has 2 aliphatic rings. The Balaban J connectivity index is -0.000000518. The van der Waals surface area contributed by atoms with Crippen LogP contribution in [-0.4, -0.2) is 68.7 Å². The zero-order valence-corrected chi connectivity index (χ0v) is 68.7. The standard InChI is InChI=1S/C15H27NO.C14H27NO.C14H29NO.C14H27NO.C13H27NO.C12H25NO/c1-5-8-13(11-12-9-6-7-10-12)14(17)16-15(2,3)4;1-6-7-11(9-12-8-10(12)2)13(16)15-14(3,4)5;2*1-8-9-11(10-13(2,3)4)12(16)15-14(5,6)7;1-8-9-10(12(2,3)4)11(15)14-13(5,6)7;1-7-8-10(9(2)3)11(14)13-12(4,5)6/h5,12-13H,1,6-11H2,2-4H3,(H,16,17);10-12H,6-9H2,1-5H3,(H,15,16);11H,8-10H2,1-7H3,(H,15,16);8,11H,1,9-10H2,2-7H3,(H,15,16);10H,8-9H2,1-7H3,(H,14,15);9-10H,7-8H2,1-6H3,(H,13,14). The molecular weight excluding hydrogens is 1160 g/mol. The van der Waals surface area contributed by atoms with Gasteiger partial charge in [-0.15, -0.1) is 13.2 Å². The monoisotopic (exact) mass is 1330 g/mol. The van der Waals surface area contributed by atoms with Crippen LogP contribution in [0.1, 0.15) is 357 Å². The second-order valence-corrected chi connectivity index (χ2v) is 38.3. The molecule has 12 nitrogen and oxygen atoms in total. The normalized spacial score (nSPS) is 17.4. The van der Waals surface area contributed by atoms with Gasteiger partial charge in [-0.3, -0.25) is 28.8 Å². The van der Waals surface area contributed by atoms with Gasteiger partial charge < -0.3 is 31.9 Å². The molecule has 0 spiro atoms. The van der Waals surface area contributed by atoms with E-state index in [-0.39, 0.29) is 120 Å². The minimum atomic E-state index is -0.158. The molecule has 0 bridgehead atoms. The lowest BCUT2D eigenvalue weighted by atomic mass is 9.77. The SMILES string of the molecule is C=CCC(CC(C)(C)C)C(=O)NC(C)(C)C.C=CCC(CC1CCCC1)C(=O)NC(C)(C)C.CCCC(C(=O)NC(C)(C)C)C(C)(C)C.CCCC(C(=O)NC(C)(C)C)C(C)C.CCCC(CC(C)(C)C)C(=O)NC(C)(C)C.CCCC(CC1CC1C)C(=O)NC(C)(C)C. The third-order valence-corrected chi connectivity index (χ3v) is 16.0. The molecule has 0 aromatic rings. The highest BCUT2D eigenvalue weighted by molar-refractivity contribution is 5.82. The molecule has 0 aliphatic heterocycles. The van der Waals surface area contributed by atoms with Gasteiger partial charge in [-0.25, -0.2) is 0 Å². The molecule has 94 heavy (non-hydrogen) atoms. The number of rotatable bonds is 25. The second kappa shape index (κ2) is 44.3. The Kier molecular flexibility index (Phi) is 45.6. The van der Waals surface area contributed by atoms with Crippen LogP contribution in [0.25, 0.3) is 0 Å². The summed E-state index contributed by atoms with van der Waals surface area (Å²) in [6.45, 7) is 78.5. The van der Waals surface area contributed by atoms with E-state index in [1.54, 1.807) is 0 Å². The predicted molar refractivity (Wildman–Crippen MR) is 408 cm³/mol. The summed E-state index contributed by atoms with van der Waals surface area (Å²) in [5, 5.41) is 18.5. The van der Waals surface area contributed by atoms with Crippen molar-refractivity contribution in [2.45, 2.75) is 391 Å². The van der Waals surface area contributed by atoms with Crippen molar-refractivity contribution in [3.05, 3.63) is 25.3 Å². The Morgan fingerprint density at radius 2 is 0.702 bits per heavy atom. The molecule has 2 rings (SSSR count). The lowest BCUT2D eigenvalue weighted by Gasteiger charge is -2.32. The molecular formula is C82H162N6O6. The van der Waals surface area contributed by atoms with Crippen molar-refractivity contribution >= 4 is 35.4 Å². The van der Waals surface area contributed by atoms with Crippen LogP contribution in [-0.2, 0) is 28.8 Å². The molecule has 0 aromatic heterocycles. The summed E-state index contributed by atoms with van der Waals surface area (Å²) in [6.07, 6.45) is 24.1. The molecule has 556 valence electrons. The fraction of sp³-hybridized carbons (Fsp3) is 0.878. The number of carbonyl (C=O) groups is 6. The van der Waals surface area contributed by atoms with Crippen LogP contribution < -0.4 is 31.9 Å². The van der Waals surface area contributed by atoms with Crippen LogP contribution in [0.4, 0.5) is 0 Å². The number of nitrogens with one attached hydrogen (secondary N) is 6. The zero-order valence-electron chi connectivity index (χ0n) is 68.7. The highest BCUT2D eigenvalue weighted by atomic mass is 16.2. The first-order chi connectivity index (χ1) is 42.2. The van der Waals surface area contributed by atoms with Gasteiger partial charge >= 0.3 is 0 Å². The van der Waals surface area contributed by atoms with E-state index in [4.69, 9.17) is 0 Å². The Morgan fingerprint density at radius 3 is 1.01 bits per heavy atom. The van der Waals surface area contributed by atoms with Crippen molar-refractivity contribution in [2.75, 3.05) is 0 Å². The first-order valence-electron chi connectivity index (χ1n) is 37.3. The molecule has 6 amide bonds. The molecule has 0 radical (unpaired) electrons. The minimum Gasteiger partial charge on any atom is -0.351 e. The number of carbonyl (C=O) groups excluding carboxylic acids is 6. The predicted octanol–water partition coefficient (Wildman–Crippen LogP) is 20.7. The Bertz CT molecular complexity index is 2130. The number of amides is 6. The lowest BCUT2D eigenvalue weighted by molar-refractivity contribution is -0.130. The highest BCUT2D eigenvalue weighted by Gasteiger charge is 2.37. The van der Waals surface area contributed by atoms with Crippen LogP contribution >= 0.6 is 0 Å². The first kappa shape index (κ1) is 96.7. The smallest absolute Gasteiger partial charge is 0.224 e. The van der Waals surface area contributed by atoms with Gasteiger partial charge in [0.1, 0.15) is 0 Å². The largest absolute Gasteiger partial charge is 0.351 e. The van der Waals surface area contributed by atoms with E-state index < -0.39 is 0 Å². The van der Waals surface area contributed by atoms with Gasteiger partial charge in [0.15, 0.2) is 0 Å². The third-order valence-electron chi connectivity index (χ3n) is 16.0. The van der Waals surface area contributed by atoms with Crippen molar-refractivity contribution in [1.82, 2.24) is 31.9 Å². The Labute approximate surface area is 584 Å². The van der Waals surface area contributed by atoms with Crippen molar-refractivity contribution in [1.29, 1.82) is 0 Å². The maximum Gasteiger partial charge on any atom is 0.224 e. The van der Waals surface area contributed by atoms with Crippen molar-refractivity contribution in [3.63, 3.8) is 0 Å². The topological polar surface area (TPSA) is 175 Å². The summed E-state index contributed by atoms with van der Waals surface area (Å²) in [6, 6.07) is 0. The van der Waals surface area contributed by atoms with E-state index in [0.29, 0.717) is 5.92 Å². The molecule has 8 atom stereocenters. The number of allylic oxidation sites excluding steroid dienone is 2. The zero-order chi connectivity index (χ0) is 74.8. The summed E-state index contributed by atoms with van der Waals surface area (Å²) in [7, 11) is 0. The summed E-state index contributed by atoms with van der Waals surface area (Å²) < 4.78 is 0. The molecule has 0 heterocycles. The van der Waals surface area contributed by atoms with E-state index in [2.05, 4.69) is 156 Å². The Morgan fingerprint density at radius 1 is 0.404 bits per heavy atom. The third kappa shape index (κ3) is 56.3. The van der Waals surface area contributed by atoms with Crippen LogP contribution in [0.5, 0.6) is 0 Å². The number of hydrogen-bond donors (Lipinski definition) is 6. The van der Waals surface area contributed by atoms with Crippen LogP contribution in [0, 0.1) is 75.4 Å². The van der Waals surface area contributed by atoms with Crippen molar-refractivity contribution in [2.24, 2.45) is 75.4 Å². The molecule has 2 saturated carbocycles. The Hall–Kier alpha value is -3.70. The molecule has 0 aromatic carbocycles. The maximum atomic E-state index is 12.2. The van der Waals surface area contributed by atoms with Gasteiger partial charge in [0.05, 0.1) is 0 Å². The van der Waals surface area contributed by atoms with E-state index in [1.165, 1.54) is 32.1 Å². The first-order valence-corrected chi connectivity index (χ1v) is 37.3.